The lowest BCUT2D eigenvalue weighted by Crippen LogP contribution is -2.35. The molecule has 0 amide bonds. The molecule has 4 aromatic rings. The van der Waals surface area contributed by atoms with Crippen LogP contribution in [0.2, 0.25) is 0 Å². The van der Waals surface area contributed by atoms with Crippen molar-refractivity contribution in [3.05, 3.63) is 71.8 Å². The minimum absolute atomic E-state index is 0.0213. The molecule has 6 nitrogen and oxygen atoms in total. The molecule has 0 aliphatic heterocycles. The van der Waals surface area contributed by atoms with Gasteiger partial charge in [-0.3, -0.25) is 4.79 Å². The van der Waals surface area contributed by atoms with E-state index >= 15 is 0 Å². The van der Waals surface area contributed by atoms with Gasteiger partial charge in [-0.05, 0) is 42.2 Å². The van der Waals surface area contributed by atoms with E-state index in [4.69, 9.17) is 4.42 Å². The molecule has 1 atom stereocenters. The minimum atomic E-state index is -3.04. The Morgan fingerprint density at radius 1 is 1.12 bits per heavy atom. The Balaban J connectivity index is 1.73. The summed E-state index contributed by atoms with van der Waals surface area (Å²) in [7, 11) is 0. The molecule has 0 spiro atoms. The van der Waals surface area contributed by atoms with Crippen LogP contribution in [0.25, 0.3) is 33.7 Å². The first-order valence-electron chi connectivity index (χ1n) is 10.9. The highest BCUT2D eigenvalue weighted by Crippen LogP contribution is 2.35. The van der Waals surface area contributed by atoms with Crippen LogP contribution < -0.4 is 10.1 Å². The highest BCUT2D eigenvalue weighted by molar-refractivity contribution is 5.82. The topological polar surface area (TPSA) is 84.6 Å². The van der Waals surface area contributed by atoms with E-state index in [0.717, 1.165) is 22.3 Å². The number of halogens is 2. The molecule has 0 radical (unpaired) electrons. The molecule has 34 heavy (non-hydrogen) atoms. The molecule has 0 saturated heterocycles. The Morgan fingerprint density at radius 2 is 1.85 bits per heavy atom. The zero-order chi connectivity index (χ0) is 24.2. The molecule has 0 unspecified atom stereocenters. The van der Waals surface area contributed by atoms with Crippen molar-refractivity contribution in [2.24, 2.45) is 0 Å². The second kappa shape index (κ2) is 10.0. The summed E-state index contributed by atoms with van der Waals surface area (Å²) < 4.78 is 36.7. The number of aromatic nitrogens is 1. The number of ether oxygens (including phenoxy) is 1. The smallest absolute Gasteiger partial charge is 0.387 e. The van der Waals surface area contributed by atoms with Gasteiger partial charge < -0.3 is 19.6 Å². The van der Waals surface area contributed by atoms with Crippen molar-refractivity contribution in [2.75, 3.05) is 0 Å². The minimum Gasteiger partial charge on any atom is -0.480 e. The molecular weight excluding hydrogens is 442 g/mol. The van der Waals surface area contributed by atoms with E-state index in [1.165, 1.54) is 6.07 Å². The second-order valence-electron chi connectivity index (χ2n) is 7.85. The summed E-state index contributed by atoms with van der Waals surface area (Å²) in [6.07, 6.45) is 0.341. The largest absolute Gasteiger partial charge is 0.480 e. The van der Waals surface area contributed by atoms with Gasteiger partial charge in [-0.25, -0.2) is 4.98 Å². The summed E-state index contributed by atoms with van der Waals surface area (Å²) in [5, 5.41) is 12.1. The molecule has 1 aromatic heterocycles. The molecule has 2 N–H and O–H groups in total. The Kier molecular flexibility index (Phi) is 6.88. The van der Waals surface area contributed by atoms with E-state index in [9.17, 15) is 18.7 Å². The van der Waals surface area contributed by atoms with Crippen LogP contribution >= 0.6 is 0 Å². The Hall–Kier alpha value is -3.78. The first-order chi connectivity index (χ1) is 16.4. The highest BCUT2D eigenvalue weighted by Gasteiger charge is 2.20. The van der Waals surface area contributed by atoms with Gasteiger partial charge in [0.05, 0.1) is 0 Å². The molecule has 3 aromatic carbocycles. The van der Waals surface area contributed by atoms with E-state index in [0.29, 0.717) is 29.0 Å². The molecular formula is C26H24F2N2O4. The lowest BCUT2D eigenvalue weighted by atomic mass is 9.96. The standard InChI is InChI=1S/C26H24F2N2O4/c1-3-20(25(31)32)29-14-17-12-21-23(13-22(17)34-26(27)28)33-24(30-21)19-11-7-10-18(15(19)2)16-8-5-4-6-9-16/h4-13,20,26,29H,3,14H2,1-2H3,(H,31,32)/t20-/m1/s1. The SMILES string of the molecule is CC[C@@H](NCc1cc2nc(-c3cccc(-c4ccccc4)c3C)oc2cc1OC(F)F)C(=O)O. The number of carboxylic acids is 1. The fourth-order valence-corrected chi connectivity index (χ4v) is 3.89. The van der Waals surface area contributed by atoms with Crippen molar-refractivity contribution < 1.29 is 27.8 Å². The van der Waals surface area contributed by atoms with Crippen LogP contribution in [0.4, 0.5) is 8.78 Å². The van der Waals surface area contributed by atoms with E-state index in [1.807, 2.05) is 55.5 Å². The second-order valence-corrected chi connectivity index (χ2v) is 7.85. The number of rotatable bonds is 9. The van der Waals surface area contributed by atoms with Gasteiger partial charge in [0.2, 0.25) is 5.89 Å². The van der Waals surface area contributed by atoms with Crippen LogP contribution in [0.15, 0.2) is 65.1 Å². The van der Waals surface area contributed by atoms with Gasteiger partial charge in [-0.1, -0.05) is 49.4 Å². The third kappa shape index (κ3) is 4.92. The summed E-state index contributed by atoms with van der Waals surface area (Å²) in [5.74, 6) is -0.750. The van der Waals surface area contributed by atoms with Crippen LogP contribution in [0, 0.1) is 6.92 Å². The molecule has 176 valence electrons. The lowest BCUT2D eigenvalue weighted by Gasteiger charge is -2.15. The summed E-state index contributed by atoms with van der Waals surface area (Å²) in [6, 6.07) is 17.9. The van der Waals surface area contributed by atoms with Gasteiger partial charge >= 0.3 is 12.6 Å². The number of nitrogens with one attached hydrogen (secondary N) is 1. The van der Waals surface area contributed by atoms with Gasteiger partial charge in [0.15, 0.2) is 5.58 Å². The number of aliphatic carboxylic acids is 1. The van der Waals surface area contributed by atoms with Gasteiger partial charge in [-0.2, -0.15) is 8.78 Å². The summed E-state index contributed by atoms with van der Waals surface area (Å²) in [6.45, 7) is 0.684. The number of oxazole rings is 1. The number of carbonyl (C=O) groups is 1. The fourth-order valence-electron chi connectivity index (χ4n) is 3.89. The molecule has 0 aliphatic rings. The monoisotopic (exact) mass is 466 g/mol. The van der Waals surface area contributed by atoms with Crippen LogP contribution in [0.3, 0.4) is 0 Å². The van der Waals surface area contributed by atoms with Gasteiger partial charge in [0, 0.05) is 23.7 Å². The quantitative estimate of drug-likeness (QED) is 0.314. The van der Waals surface area contributed by atoms with Gasteiger partial charge in [0.1, 0.15) is 17.3 Å². The number of benzene rings is 3. The molecule has 0 bridgehead atoms. The number of fused-ring (bicyclic) bond motifs is 1. The van der Waals surface area contributed by atoms with Crippen molar-refractivity contribution in [1.29, 1.82) is 0 Å². The third-order valence-corrected chi connectivity index (χ3v) is 5.68. The Morgan fingerprint density at radius 3 is 2.53 bits per heavy atom. The first kappa shape index (κ1) is 23.4. The Bertz CT molecular complexity index is 1310. The van der Waals surface area contributed by atoms with Crippen molar-refractivity contribution in [3.8, 4) is 28.3 Å². The zero-order valence-corrected chi connectivity index (χ0v) is 18.7. The summed E-state index contributed by atoms with van der Waals surface area (Å²) in [4.78, 5) is 15.9. The predicted octanol–water partition coefficient (Wildman–Crippen LogP) is 6.02. The van der Waals surface area contributed by atoms with Crippen molar-refractivity contribution >= 4 is 17.1 Å². The number of nitrogens with zero attached hydrogens (tertiary/aromatic N) is 1. The van der Waals surface area contributed by atoms with Crippen LogP contribution in [-0.4, -0.2) is 28.7 Å². The van der Waals surface area contributed by atoms with Crippen LogP contribution in [0.1, 0.15) is 24.5 Å². The van der Waals surface area contributed by atoms with Crippen molar-refractivity contribution in [3.63, 3.8) is 0 Å². The summed E-state index contributed by atoms with van der Waals surface area (Å²) in [5.41, 5.74) is 4.96. The third-order valence-electron chi connectivity index (χ3n) is 5.68. The Labute approximate surface area is 195 Å². The van der Waals surface area contributed by atoms with E-state index in [-0.39, 0.29) is 12.3 Å². The van der Waals surface area contributed by atoms with E-state index < -0.39 is 18.6 Å². The predicted molar refractivity (Wildman–Crippen MR) is 125 cm³/mol. The maximum absolute atomic E-state index is 13.0. The fraction of sp³-hybridized carbons (Fsp3) is 0.231. The molecule has 0 aliphatic carbocycles. The van der Waals surface area contributed by atoms with Crippen LogP contribution in [0.5, 0.6) is 5.75 Å². The molecule has 1 heterocycles. The van der Waals surface area contributed by atoms with E-state index in [1.54, 1.807) is 13.0 Å². The average Bonchev–Trinajstić information content (AvgIpc) is 3.22. The maximum Gasteiger partial charge on any atom is 0.387 e. The number of hydrogen-bond acceptors (Lipinski definition) is 5. The van der Waals surface area contributed by atoms with Crippen molar-refractivity contribution in [2.45, 2.75) is 39.5 Å². The maximum atomic E-state index is 13.0. The number of carboxylic acid groups (broad SMARTS) is 1. The lowest BCUT2D eigenvalue weighted by molar-refractivity contribution is -0.139. The normalized spacial score (nSPS) is 12.3. The number of hydrogen-bond donors (Lipinski definition) is 2. The van der Waals surface area contributed by atoms with Gasteiger partial charge in [0.25, 0.3) is 0 Å². The average molecular weight is 466 g/mol. The van der Waals surface area contributed by atoms with Crippen LogP contribution in [-0.2, 0) is 11.3 Å². The first-order valence-corrected chi connectivity index (χ1v) is 10.9. The highest BCUT2D eigenvalue weighted by atomic mass is 19.3. The summed E-state index contributed by atoms with van der Waals surface area (Å²) >= 11 is 0. The van der Waals surface area contributed by atoms with E-state index in [2.05, 4.69) is 15.0 Å². The number of alkyl halides is 2. The molecule has 0 saturated carbocycles. The molecule has 8 heteroatoms. The van der Waals surface area contributed by atoms with Gasteiger partial charge in [-0.15, -0.1) is 0 Å². The van der Waals surface area contributed by atoms with Crippen molar-refractivity contribution in [1.82, 2.24) is 10.3 Å². The molecule has 4 rings (SSSR count). The zero-order valence-electron chi connectivity index (χ0n) is 18.7. The molecule has 0 fully saturated rings.